The van der Waals surface area contributed by atoms with E-state index in [0.717, 1.165) is 19.5 Å². The molecule has 0 radical (unpaired) electrons. The average Bonchev–Trinajstić information content (AvgIpc) is 2.56. The van der Waals surface area contributed by atoms with Gasteiger partial charge in [-0.1, -0.05) is 67.6 Å². The van der Waals surface area contributed by atoms with Gasteiger partial charge in [-0.2, -0.15) is 0 Å². The summed E-state index contributed by atoms with van der Waals surface area (Å²) >= 11 is 0. The van der Waals surface area contributed by atoms with Gasteiger partial charge in [0.15, 0.2) is 5.78 Å². The van der Waals surface area contributed by atoms with Crippen LogP contribution >= 0.6 is 0 Å². The highest BCUT2D eigenvalue weighted by atomic mass is 16.1. The van der Waals surface area contributed by atoms with E-state index in [-0.39, 0.29) is 11.5 Å². The van der Waals surface area contributed by atoms with Crippen molar-refractivity contribution in [1.82, 2.24) is 4.90 Å². The Morgan fingerprint density at radius 3 is 1.77 bits per heavy atom. The van der Waals surface area contributed by atoms with Gasteiger partial charge in [0.1, 0.15) is 0 Å². The van der Waals surface area contributed by atoms with Gasteiger partial charge >= 0.3 is 0 Å². The Labute approximate surface area is 132 Å². The zero-order chi connectivity index (χ0) is 15.6. The zero-order valence-corrected chi connectivity index (χ0v) is 13.3. The maximum absolute atomic E-state index is 12.5. The van der Waals surface area contributed by atoms with Crippen molar-refractivity contribution in [3.05, 3.63) is 71.8 Å². The minimum absolute atomic E-state index is 0.194. The van der Waals surface area contributed by atoms with Crippen LogP contribution in [-0.2, 0) is 17.9 Å². The van der Waals surface area contributed by atoms with Crippen molar-refractivity contribution in [2.45, 2.75) is 38.9 Å². The second kappa shape index (κ2) is 6.05. The van der Waals surface area contributed by atoms with Gasteiger partial charge in [-0.05, 0) is 24.5 Å². The number of carbonyl (C=O) groups excluding carboxylic acids is 1. The van der Waals surface area contributed by atoms with Gasteiger partial charge in [0.25, 0.3) is 0 Å². The van der Waals surface area contributed by atoms with Crippen molar-refractivity contribution in [3.63, 3.8) is 0 Å². The summed E-state index contributed by atoms with van der Waals surface area (Å²) in [6.07, 6.45) is 0.950. The van der Waals surface area contributed by atoms with Crippen molar-refractivity contribution in [3.8, 4) is 0 Å². The Morgan fingerprint density at radius 1 is 0.955 bits per heavy atom. The summed E-state index contributed by atoms with van der Waals surface area (Å²) in [5.41, 5.74) is 2.18. The molecule has 2 atom stereocenters. The quantitative estimate of drug-likeness (QED) is 0.828. The largest absolute Gasteiger partial charge is 0.297 e. The molecule has 0 aliphatic heterocycles. The molecule has 0 N–H and O–H groups in total. The number of hydrogen-bond donors (Lipinski definition) is 0. The van der Waals surface area contributed by atoms with Crippen molar-refractivity contribution in [2.24, 2.45) is 5.92 Å². The van der Waals surface area contributed by atoms with Crippen LogP contribution in [0.2, 0.25) is 0 Å². The summed E-state index contributed by atoms with van der Waals surface area (Å²) < 4.78 is 0. The maximum atomic E-state index is 12.5. The number of nitrogens with zero attached hydrogens (tertiary/aromatic N) is 1. The van der Waals surface area contributed by atoms with Crippen LogP contribution in [0.4, 0.5) is 0 Å². The van der Waals surface area contributed by atoms with Crippen molar-refractivity contribution in [2.75, 3.05) is 0 Å². The third kappa shape index (κ3) is 2.84. The van der Waals surface area contributed by atoms with Gasteiger partial charge in [0.05, 0.1) is 5.54 Å². The van der Waals surface area contributed by atoms with Crippen LogP contribution in [0, 0.1) is 5.92 Å². The molecule has 0 amide bonds. The SMILES string of the molecule is CC1CC(C)(N(Cc2ccccc2)Cc2ccccc2)C1=O. The summed E-state index contributed by atoms with van der Waals surface area (Å²) in [6, 6.07) is 20.8. The third-order valence-electron chi connectivity index (χ3n) is 4.81. The molecule has 2 heteroatoms. The number of benzene rings is 2. The Bertz CT molecular complexity index is 596. The predicted octanol–water partition coefficient (Wildman–Crippen LogP) is 4.06. The lowest BCUT2D eigenvalue weighted by atomic mass is 9.67. The van der Waals surface area contributed by atoms with E-state index in [9.17, 15) is 4.79 Å². The fraction of sp³-hybridized carbons (Fsp3) is 0.350. The third-order valence-corrected chi connectivity index (χ3v) is 4.81. The lowest BCUT2D eigenvalue weighted by Crippen LogP contribution is -2.62. The van der Waals surface area contributed by atoms with Crippen LogP contribution in [0.15, 0.2) is 60.7 Å². The molecule has 2 aromatic carbocycles. The summed E-state index contributed by atoms with van der Waals surface area (Å²) in [5, 5.41) is 0. The van der Waals surface area contributed by atoms with Gasteiger partial charge in [0.2, 0.25) is 0 Å². The lowest BCUT2D eigenvalue weighted by molar-refractivity contribution is -0.149. The minimum atomic E-state index is -0.328. The number of ketones is 1. The van der Waals surface area contributed by atoms with Crippen molar-refractivity contribution in [1.29, 1.82) is 0 Å². The molecule has 1 aliphatic rings. The predicted molar refractivity (Wildman–Crippen MR) is 89.3 cm³/mol. The number of hydrogen-bond acceptors (Lipinski definition) is 2. The van der Waals surface area contributed by atoms with Crippen LogP contribution in [0.3, 0.4) is 0 Å². The van der Waals surface area contributed by atoms with E-state index >= 15 is 0 Å². The van der Waals surface area contributed by atoms with Gasteiger partial charge in [0, 0.05) is 19.0 Å². The normalized spacial score (nSPS) is 24.3. The number of rotatable bonds is 5. The molecule has 114 valence electrons. The van der Waals surface area contributed by atoms with E-state index in [0.29, 0.717) is 5.78 Å². The summed E-state index contributed by atoms with van der Waals surface area (Å²) in [6.45, 7) is 5.75. The van der Waals surface area contributed by atoms with E-state index in [4.69, 9.17) is 0 Å². The summed E-state index contributed by atoms with van der Waals surface area (Å²) in [5.74, 6) is 0.568. The molecule has 1 saturated carbocycles. The van der Waals surface area contributed by atoms with Crippen LogP contribution in [0.1, 0.15) is 31.4 Å². The molecule has 3 rings (SSSR count). The molecule has 0 heterocycles. The van der Waals surface area contributed by atoms with Gasteiger partial charge in [-0.3, -0.25) is 9.69 Å². The first-order chi connectivity index (χ1) is 10.6. The molecule has 0 aromatic heterocycles. The first-order valence-electron chi connectivity index (χ1n) is 7.97. The Kier molecular flexibility index (Phi) is 4.12. The Balaban J connectivity index is 1.84. The van der Waals surface area contributed by atoms with Gasteiger partial charge < -0.3 is 0 Å². The summed E-state index contributed by atoms with van der Waals surface area (Å²) in [4.78, 5) is 14.8. The molecule has 1 aliphatic carbocycles. The van der Waals surface area contributed by atoms with E-state index < -0.39 is 0 Å². The maximum Gasteiger partial charge on any atom is 0.155 e. The average molecular weight is 293 g/mol. The zero-order valence-electron chi connectivity index (χ0n) is 13.3. The van der Waals surface area contributed by atoms with Gasteiger partial charge in [-0.15, -0.1) is 0 Å². The molecule has 0 saturated heterocycles. The highest BCUT2D eigenvalue weighted by Crippen LogP contribution is 2.40. The van der Waals surface area contributed by atoms with Crippen LogP contribution in [0.25, 0.3) is 0 Å². The smallest absolute Gasteiger partial charge is 0.155 e. The Morgan fingerprint density at radius 2 is 1.41 bits per heavy atom. The Hall–Kier alpha value is -1.93. The molecular weight excluding hydrogens is 270 g/mol. The molecule has 2 nitrogen and oxygen atoms in total. The molecule has 22 heavy (non-hydrogen) atoms. The number of Topliss-reactive ketones (excluding diaryl/α,β-unsaturated/α-hetero) is 1. The van der Waals surface area contributed by atoms with E-state index in [2.05, 4.69) is 60.4 Å². The number of carbonyl (C=O) groups is 1. The van der Waals surface area contributed by atoms with Gasteiger partial charge in [-0.25, -0.2) is 0 Å². The van der Waals surface area contributed by atoms with Crippen LogP contribution < -0.4 is 0 Å². The fourth-order valence-electron chi connectivity index (χ4n) is 3.49. The van der Waals surface area contributed by atoms with E-state index in [1.165, 1.54) is 11.1 Å². The van der Waals surface area contributed by atoms with E-state index in [1.807, 2.05) is 19.1 Å². The van der Waals surface area contributed by atoms with E-state index in [1.54, 1.807) is 0 Å². The fourth-order valence-corrected chi connectivity index (χ4v) is 3.49. The first kappa shape index (κ1) is 15.0. The monoisotopic (exact) mass is 293 g/mol. The highest BCUT2D eigenvalue weighted by Gasteiger charge is 2.51. The first-order valence-corrected chi connectivity index (χ1v) is 7.97. The van der Waals surface area contributed by atoms with Crippen LogP contribution in [-0.4, -0.2) is 16.2 Å². The highest BCUT2D eigenvalue weighted by molar-refractivity contribution is 5.95. The molecule has 0 bridgehead atoms. The molecule has 0 spiro atoms. The van der Waals surface area contributed by atoms with Crippen molar-refractivity contribution >= 4 is 5.78 Å². The second-order valence-electron chi connectivity index (χ2n) is 6.57. The molecule has 1 fully saturated rings. The molecular formula is C20H23NO. The molecule has 2 unspecified atom stereocenters. The lowest BCUT2D eigenvalue weighted by Gasteiger charge is -2.49. The molecule has 2 aromatic rings. The second-order valence-corrected chi connectivity index (χ2v) is 6.57. The standard InChI is InChI=1S/C20H23NO/c1-16-13-20(2,19(16)22)21(14-17-9-5-3-6-10-17)15-18-11-7-4-8-12-18/h3-12,16H,13-15H2,1-2H3. The van der Waals surface area contributed by atoms with Crippen molar-refractivity contribution < 1.29 is 4.79 Å². The topological polar surface area (TPSA) is 20.3 Å². The summed E-state index contributed by atoms with van der Waals surface area (Å²) in [7, 11) is 0. The minimum Gasteiger partial charge on any atom is -0.297 e. The van der Waals surface area contributed by atoms with Crippen LogP contribution in [0.5, 0.6) is 0 Å².